The molecule has 0 aromatic rings. The third-order valence-corrected chi connectivity index (χ3v) is 2.03. The monoisotopic (exact) mass is 210 g/mol. The Bertz CT molecular complexity index is 218. The van der Waals surface area contributed by atoms with Crippen LogP contribution in [0.15, 0.2) is 25.3 Å². The Balaban J connectivity index is 4.13. The molecule has 0 saturated heterocycles. The zero-order valence-corrected chi connectivity index (χ0v) is 9.83. The summed E-state index contributed by atoms with van der Waals surface area (Å²) >= 11 is 0. The fraction of sp³-hybridized carbons (Fsp3) is 0.583. The second-order valence-electron chi connectivity index (χ2n) is 4.36. The highest BCUT2D eigenvalue weighted by molar-refractivity contribution is 5.76. The first kappa shape index (κ1) is 13.9. The van der Waals surface area contributed by atoms with Gasteiger partial charge in [-0.05, 0) is 20.3 Å². The van der Waals surface area contributed by atoms with E-state index in [9.17, 15) is 4.79 Å². The molecule has 86 valence electrons. The summed E-state index contributed by atoms with van der Waals surface area (Å²) in [6, 6.07) is 0. The van der Waals surface area contributed by atoms with Crippen LogP contribution in [0, 0.1) is 0 Å². The smallest absolute Gasteiger partial charge is 0.223 e. The van der Waals surface area contributed by atoms with Crippen molar-refractivity contribution in [1.29, 1.82) is 0 Å². The maximum Gasteiger partial charge on any atom is 0.223 e. The van der Waals surface area contributed by atoms with E-state index in [0.29, 0.717) is 25.9 Å². The first-order valence-corrected chi connectivity index (χ1v) is 5.19. The number of hydrogen-bond acceptors (Lipinski definition) is 2. The standard InChI is InChI=1S/C12H22N2O/c1-5-9-14(10-6-2)11(15)7-8-12(3,4)13/h5-6H,1-2,7-10,13H2,3-4H3. The van der Waals surface area contributed by atoms with Crippen molar-refractivity contribution >= 4 is 5.91 Å². The summed E-state index contributed by atoms with van der Waals surface area (Å²) in [5, 5.41) is 0. The lowest BCUT2D eigenvalue weighted by atomic mass is 10.00. The molecule has 1 amide bonds. The van der Waals surface area contributed by atoms with E-state index in [4.69, 9.17) is 5.73 Å². The van der Waals surface area contributed by atoms with Crippen LogP contribution in [0.3, 0.4) is 0 Å². The second-order valence-corrected chi connectivity index (χ2v) is 4.36. The number of hydrogen-bond donors (Lipinski definition) is 1. The molecule has 0 heterocycles. The molecule has 0 fully saturated rings. The van der Waals surface area contributed by atoms with Gasteiger partial charge in [-0.1, -0.05) is 12.2 Å². The molecule has 3 heteroatoms. The molecule has 0 unspecified atom stereocenters. The van der Waals surface area contributed by atoms with Gasteiger partial charge in [0.05, 0.1) is 0 Å². The van der Waals surface area contributed by atoms with Gasteiger partial charge in [-0.3, -0.25) is 4.79 Å². The average molecular weight is 210 g/mol. The molecule has 3 nitrogen and oxygen atoms in total. The molecule has 0 spiro atoms. The highest BCUT2D eigenvalue weighted by Crippen LogP contribution is 2.09. The lowest BCUT2D eigenvalue weighted by Crippen LogP contribution is -2.36. The van der Waals surface area contributed by atoms with Gasteiger partial charge in [-0.2, -0.15) is 0 Å². The summed E-state index contributed by atoms with van der Waals surface area (Å²) in [5.74, 6) is 0.105. The van der Waals surface area contributed by atoms with E-state index in [2.05, 4.69) is 13.2 Å². The van der Waals surface area contributed by atoms with Crippen LogP contribution in [0.25, 0.3) is 0 Å². The predicted molar refractivity (Wildman–Crippen MR) is 64.5 cm³/mol. The number of carbonyl (C=O) groups is 1. The van der Waals surface area contributed by atoms with Crippen molar-refractivity contribution in [1.82, 2.24) is 4.90 Å². The van der Waals surface area contributed by atoms with E-state index >= 15 is 0 Å². The Morgan fingerprint density at radius 1 is 1.33 bits per heavy atom. The van der Waals surface area contributed by atoms with Crippen molar-refractivity contribution in [3.05, 3.63) is 25.3 Å². The first-order valence-electron chi connectivity index (χ1n) is 5.19. The lowest BCUT2D eigenvalue weighted by molar-refractivity contribution is -0.130. The molecule has 0 saturated carbocycles. The van der Waals surface area contributed by atoms with Crippen LogP contribution in [0.5, 0.6) is 0 Å². The minimum absolute atomic E-state index is 0.105. The predicted octanol–water partition coefficient (Wildman–Crippen LogP) is 1.70. The second kappa shape index (κ2) is 6.40. The van der Waals surface area contributed by atoms with Crippen LogP contribution in [0.2, 0.25) is 0 Å². The Hall–Kier alpha value is -1.09. The first-order chi connectivity index (χ1) is 6.90. The highest BCUT2D eigenvalue weighted by Gasteiger charge is 2.16. The number of rotatable bonds is 7. The van der Waals surface area contributed by atoms with Crippen LogP contribution < -0.4 is 5.73 Å². The molecule has 0 rings (SSSR count). The summed E-state index contributed by atoms with van der Waals surface area (Å²) in [5.41, 5.74) is 5.53. The van der Waals surface area contributed by atoms with Gasteiger partial charge in [0.1, 0.15) is 0 Å². The Morgan fingerprint density at radius 2 is 1.80 bits per heavy atom. The molecule has 2 N–H and O–H groups in total. The molecule has 0 aromatic carbocycles. The topological polar surface area (TPSA) is 46.3 Å². The van der Waals surface area contributed by atoms with Crippen LogP contribution in [-0.2, 0) is 4.79 Å². The zero-order valence-electron chi connectivity index (χ0n) is 9.83. The number of nitrogens with zero attached hydrogens (tertiary/aromatic N) is 1. The third kappa shape index (κ3) is 6.91. The fourth-order valence-corrected chi connectivity index (χ4v) is 1.18. The summed E-state index contributed by atoms with van der Waals surface area (Å²) in [6.07, 6.45) is 4.60. The van der Waals surface area contributed by atoms with Crippen molar-refractivity contribution in [2.24, 2.45) is 5.73 Å². The maximum absolute atomic E-state index is 11.7. The maximum atomic E-state index is 11.7. The SMILES string of the molecule is C=CCN(CC=C)C(=O)CCC(C)(C)N. The Morgan fingerprint density at radius 3 is 2.13 bits per heavy atom. The van der Waals surface area contributed by atoms with Crippen LogP contribution in [0.4, 0.5) is 0 Å². The van der Waals surface area contributed by atoms with Gasteiger partial charge in [-0.15, -0.1) is 13.2 Å². The minimum Gasteiger partial charge on any atom is -0.335 e. The van der Waals surface area contributed by atoms with Crippen LogP contribution in [0.1, 0.15) is 26.7 Å². The third-order valence-electron chi connectivity index (χ3n) is 2.03. The normalized spacial score (nSPS) is 10.9. The van der Waals surface area contributed by atoms with Gasteiger partial charge < -0.3 is 10.6 Å². The van der Waals surface area contributed by atoms with Crippen molar-refractivity contribution in [2.75, 3.05) is 13.1 Å². The number of carbonyl (C=O) groups excluding carboxylic acids is 1. The van der Waals surface area contributed by atoms with E-state index < -0.39 is 0 Å². The minimum atomic E-state index is -0.288. The van der Waals surface area contributed by atoms with Gasteiger partial charge in [-0.25, -0.2) is 0 Å². The molecule has 0 aliphatic rings. The van der Waals surface area contributed by atoms with Crippen LogP contribution >= 0.6 is 0 Å². The Labute approximate surface area is 92.6 Å². The molecule has 0 atom stereocenters. The van der Waals surface area contributed by atoms with Gasteiger partial charge in [0, 0.05) is 25.0 Å². The largest absolute Gasteiger partial charge is 0.335 e. The van der Waals surface area contributed by atoms with Crippen LogP contribution in [-0.4, -0.2) is 29.4 Å². The molecule has 0 radical (unpaired) electrons. The van der Waals surface area contributed by atoms with E-state index in [1.165, 1.54) is 0 Å². The lowest BCUT2D eigenvalue weighted by Gasteiger charge is -2.22. The summed E-state index contributed by atoms with van der Waals surface area (Å²) in [6.45, 7) is 12.2. The van der Waals surface area contributed by atoms with Crippen molar-refractivity contribution < 1.29 is 4.79 Å². The molecular weight excluding hydrogens is 188 g/mol. The van der Waals surface area contributed by atoms with E-state index in [0.717, 1.165) is 0 Å². The molecule has 0 aliphatic heterocycles. The van der Waals surface area contributed by atoms with Crippen molar-refractivity contribution in [2.45, 2.75) is 32.2 Å². The summed E-state index contributed by atoms with van der Waals surface area (Å²) in [7, 11) is 0. The van der Waals surface area contributed by atoms with E-state index in [1.54, 1.807) is 17.1 Å². The van der Waals surface area contributed by atoms with Gasteiger partial charge >= 0.3 is 0 Å². The van der Waals surface area contributed by atoms with Gasteiger partial charge in [0.25, 0.3) is 0 Å². The molecule has 0 aliphatic carbocycles. The summed E-state index contributed by atoms with van der Waals surface area (Å²) in [4.78, 5) is 13.5. The molecular formula is C12H22N2O. The molecule has 15 heavy (non-hydrogen) atoms. The zero-order chi connectivity index (χ0) is 11.9. The van der Waals surface area contributed by atoms with E-state index in [1.807, 2.05) is 13.8 Å². The van der Waals surface area contributed by atoms with Gasteiger partial charge in [0.15, 0.2) is 0 Å². The summed E-state index contributed by atoms with van der Waals surface area (Å²) < 4.78 is 0. The van der Waals surface area contributed by atoms with Crippen molar-refractivity contribution in [3.8, 4) is 0 Å². The highest BCUT2D eigenvalue weighted by atomic mass is 16.2. The molecule has 0 bridgehead atoms. The number of amides is 1. The van der Waals surface area contributed by atoms with E-state index in [-0.39, 0.29) is 11.4 Å². The Kier molecular flexibility index (Phi) is 5.94. The van der Waals surface area contributed by atoms with Gasteiger partial charge in [0.2, 0.25) is 5.91 Å². The molecule has 0 aromatic heterocycles. The fourth-order valence-electron chi connectivity index (χ4n) is 1.18. The average Bonchev–Trinajstić information content (AvgIpc) is 2.13. The number of nitrogens with two attached hydrogens (primary N) is 1. The quantitative estimate of drug-likeness (QED) is 0.650. The van der Waals surface area contributed by atoms with Crippen molar-refractivity contribution in [3.63, 3.8) is 0 Å².